The van der Waals surface area contributed by atoms with Gasteiger partial charge in [-0.25, -0.2) is 4.79 Å². The molecule has 7 heteroatoms. The van der Waals surface area contributed by atoms with Gasteiger partial charge in [0.1, 0.15) is 6.61 Å². The van der Waals surface area contributed by atoms with Gasteiger partial charge in [-0.15, -0.1) is 0 Å². The first-order valence-electron chi connectivity index (χ1n) is 13.3. The third-order valence-electron chi connectivity index (χ3n) is 6.93. The fourth-order valence-corrected chi connectivity index (χ4v) is 4.75. The number of nitrogens with one attached hydrogen (secondary N) is 1. The molecule has 0 aromatic heterocycles. The highest BCUT2D eigenvalue weighted by atomic mass is 16.7. The molecule has 0 aliphatic carbocycles. The zero-order chi connectivity index (χ0) is 27.6. The number of alkyl carbamates (subject to hydrolysis) is 1. The zero-order valence-electron chi connectivity index (χ0n) is 22.7. The molecule has 1 aliphatic rings. The van der Waals surface area contributed by atoms with Gasteiger partial charge in [0.2, 0.25) is 0 Å². The maximum atomic E-state index is 11.7. The summed E-state index contributed by atoms with van der Waals surface area (Å²) < 4.78 is 18.1. The number of hydrogen-bond donors (Lipinski definition) is 2. The molecule has 3 aromatic carbocycles. The van der Waals surface area contributed by atoms with Gasteiger partial charge in [-0.1, -0.05) is 98.4 Å². The topological polar surface area (TPSA) is 80.3 Å². The van der Waals surface area contributed by atoms with Gasteiger partial charge in [0.25, 0.3) is 0 Å². The number of rotatable bonds is 11. The van der Waals surface area contributed by atoms with Gasteiger partial charge < -0.3 is 24.6 Å². The van der Waals surface area contributed by atoms with E-state index in [-0.39, 0.29) is 31.3 Å². The van der Waals surface area contributed by atoms with E-state index in [2.05, 4.69) is 55.0 Å². The highest BCUT2D eigenvalue weighted by Crippen LogP contribution is 2.41. The van der Waals surface area contributed by atoms with Crippen molar-refractivity contribution in [3.8, 4) is 0 Å². The number of aliphatic hydroxyl groups is 1. The number of aliphatic hydroxyl groups excluding tert-OH is 1. The average Bonchev–Trinajstić information content (AvgIpc) is 2.97. The highest BCUT2D eigenvalue weighted by molar-refractivity contribution is 5.67. The van der Waals surface area contributed by atoms with E-state index in [0.717, 1.165) is 35.3 Å². The first-order valence-corrected chi connectivity index (χ1v) is 13.3. The van der Waals surface area contributed by atoms with Crippen LogP contribution in [0.2, 0.25) is 0 Å². The Morgan fingerprint density at radius 3 is 2.31 bits per heavy atom. The Morgan fingerprint density at radius 2 is 1.64 bits per heavy atom. The lowest BCUT2D eigenvalue weighted by atomic mass is 9.90. The van der Waals surface area contributed by atoms with Crippen LogP contribution in [-0.4, -0.2) is 42.4 Å². The molecule has 0 unspecified atom stereocenters. The monoisotopic (exact) mass is 530 g/mol. The minimum atomic E-state index is -0.543. The number of ether oxygens (including phenoxy) is 3. The maximum Gasteiger partial charge on any atom is 0.407 e. The van der Waals surface area contributed by atoms with E-state index < -0.39 is 12.4 Å². The Labute approximate surface area is 231 Å². The highest BCUT2D eigenvalue weighted by Gasteiger charge is 2.38. The Balaban J connectivity index is 1.49. The fourth-order valence-electron chi connectivity index (χ4n) is 4.75. The molecule has 7 nitrogen and oxygen atoms in total. The molecule has 1 amide bonds. The van der Waals surface area contributed by atoms with E-state index >= 15 is 0 Å². The number of nitrogens with zero attached hydrogens (tertiary/aromatic N) is 1. The third kappa shape index (κ3) is 8.00. The van der Waals surface area contributed by atoms with Crippen LogP contribution in [0.4, 0.5) is 4.79 Å². The molecular formula is C32H38N2O5. The molecule has 2 N–H and O–H groups in total. The minimum Gasteiger partial charge on any atom is -0.445 e. The number of carbonyl (C=O) groups is 1. The van der Waals surface area contributed by atoms with Crippen LogP contribution in [0.25, 0.3) is 0 Å². The molecule has 1 saturated heterocycles. The van der Waals surface area contributed by atoms with Crippen LogP contribution in [0.5, 0.6) is 0 Å². The summed E-state index contributed by atoms with van der Waals surface area (Å²) in [6.45, 7) is 7.81. The van der Waals surface area contributed by atoms with Crippen molar-refractivity contribution in [3.63, 3.8) is 0 Å². The second kappa shape index (κ2) is 14.1. The molecule has 1 aliphatic heterocycles. The number of benzene rings is 3. The number of hydrogen-bond acceptors (Lipinski definition) is 6. The van der Waals surface area contributed by atoms with Gasteiger partial charge in [-0.2, -0.15) is 0 Å². The molecule has 0 radical (unpaired) electrons. The standard InChI is InChI=1S/C32H38N2O5/c1-4-18-37-32(36)33-19-24-10-16-28(17-11-24)31-38-29(21-34(3)20-25-8-6-5-7-9-25)23(2)30(39-31)27-14-12-26(22-35)13-15-27/h4-17,23,29-31,35H,1,18-22H2,2-3H3,(H,33,36)/t23-,29+,30+,31+/m1/s1. The Kier molecular flexibility index (Phi) is 10.3. The first kappa shape index (κ1) is 28.5. The second-order valence-corrected chi connectivity index (χ2v) is 9.99. The summed E-state index contributed by atoms with van der Waals surface area (Å²) in [6.07, 6.45) is 0.261. The van der Waals surface area contributed by atoms with Crippen LogP contribution < -0.4 is 5.32 Å². The molecule has 1 fully saturated rings. The molecule has 0 spiro atoms. The molecule has 0 bridgehead atoms. The number of amides is 1. The molecule has 0 saturated carbocycles. The maximum absolute atomic E-state index is 11.7. The van der Waals surface area contributed by atoms with Gasteiger partial charge >= 0.3 is 6.09 Å². The fraction of sp³-hybridized carbons (Fsp3) is 0.344. The van der Waals surface area contributed by atoms with E-state index in [0.29, 0.717) is 6.54 Å². The van der Waals surface area contributed by atoms with Crippen molar-refractivity contribution < 1.29 is 24.1 Å². The Hall–Kier alpha value is -3.49. The van der Waals surface area contributed by atoms with Crippen LogP contribution in [-0.2, 0) is 33.9 Å². The first-order chi connectivity index (χ1) is 19.0. The Morgan fingerprint density at radius 1 is 0.974 bits per heavy atom. The van der Waals surface area contributed by atoms with Gasteiger partial charge in [-0.3, -0.25) is 4.90 Å². The van der Waals surface area contributed by atoms with Gasteiger partial charge in [0.05, 0.1) is 18.8 Å². The van der Waals surface area contributed by atoms with E-state index in [1.807, 2.05) is 54.6 Å². The van der Waals surface area contributed by atoms with Crippen LogP contribution in [0.15, 0.2) is 91.5 Å². The van der Waals surface area contributed by atoms with Crippen molar-refractivity contribution in [1.29, 1.82) is 0 Å². The summed E-state index contributed by atoms with van der Waals surface area (Å²) in [5.41, 5.74) is 5.03. The molecular weight excluding hydrogens is 492 g/mol. The lowest BCUT2D eigenvalue weighted by Gasteiger charge is -2.42. The molecule has 1 heterocycles. The lowest BCUT2D eigenvalue weighted by Crippen LogP contribution is -2.43. The van der Waals surface area contributed by atoms with Crippen molar-refractivity contribution in [2.24, 2.45) is 5.92 Å². The van der Waals surface area contributed by atoms with Gasteiger partial charge in [0.15, 0.2) is 6.29 Å². The lowest BCUT2D eigenvalue weighted by molar-refractivity contribution is -0.276. The molecule has 4 atom stereocenters. The summed E-state index contributed by atoms with van der Waals surface area (Å²) in [7, 11) is 2.11. The predicted octanol–water partition coefficient (Wildman–Crippen LogP) is 5.51. The summed E-state index contributed by atoms with van der Waals surface area (Å²) >= 11 is 0. The quantitative estimate of drug-likeness (QED) is 0.318. The van der Waals surface area contributed by atoms with Gasteiger partial charge in [0, 0.05) is 31.1 Å². The van der Waals surface area contributed by atoms with Crippen LogP contribution in [0, 0.1) is 5.92 Å². The Bertz CT molecular complexity index is 1180. The summed E-state index contributed by atoms with van der Waals surface area (Å²) in [5.74, 6) is 0.101. The largest absolute Gasteiger partial charge is 0.445 e. The van der Waals surface area contributed by atoms with Crippen molar-refractivity contribution >= 4 is 6.09 Å². The summed E-state index contributed by atoms with van der Waals surface area (Å²) in [6, 6.07) is 26.2. The number of likely N-dealkylation sites (N-methyl/N-ethyl adjacent to an activating group) is 1. The molecule has 206 valence electrons. The number of carbonyl (C=O) groups excluding carboxylic acids is 1. The third-order valence-corrected chi connectivity index (χ3v) is 6.93. The van der Waals surface area contributed by atoms with Crippen molar-refractivity contribution in [2.75, 3.05) is 20.2 Å². The van der Waals surface area contributed by atoms with Crippen molar-refractivity contribution in [1.82, 2.24) is 10.2 Å². The average molecular weight is 531 g/mol. The molecule has 39 heavy (non-hydrogen) atoms. The zero-order valence-corrected chi connectivity index (χ0v) is 22.7. The van der Waals surface area contributed by atoms with Crippen LogP contribution in [0.3, 0.4) is 0 Å². The van der Waals surface area contributed by atoms with E-state index in [1.54, 1.807) is 0 Å². The van der Waals surface area contributed by atoms with Gasteiger partial charge in [-0.05, 0) is 29.3 Å². The van der Waals surface area contributed by atoms with Crippen molar-refractivity contribution in [2.45, 2.75) is 45.1 Å². The summed E-state index contributed by atoms with van der Waals surface area (Å²) in [4.78, 5) is 14.0. The van der Waals surface area contributed by atoms with Crippen molar-refractivity contribution in [3.05, 3.63) is 119 Å². The normalized spacial score (nSPS) is 20.9. The molecule has 4 rings (SSSR count). The van der Waals surface area contributed by atoms with E-state index in [1.165, 1.54) is 11.6 Å². The van der Waals surface area contributed by atoms with Crippen LogP contribution >= 0.6 is 0 Å². The molecule has 3 aromatic rings. The SMILES string of the molecule is C=CCOC(=O)NCc1ccc([C@H]2O[C@@H](CN(C)Cc3ccccc3)[C@@H](C)[C@@H](c3ccc(CO)cc3)O2)cc1. The van der Waals surface area contributed by atoms with E-state index in [4.69, 9.17) is 14.2 Å². The van der Waals surface area contributed by atoms with E-state index in [9.17, 15) is 9.90 Å². The minimum absolute atomic E-state index is 0.00713. The summed E-state index contributed by atoms with van der Waals surface area (Å²) in [5, 5.41) is 12.2. The van der Waals surface area contributed by atoms with Crippen LogP contribution in [0.1, 0.15) is 47.1 Å². The second-order valence-electron chi connectivity index (χ2n) is 9.99. The predicted molar refractivity (Wildman–Crippen MR) is 151 cm³/mol. The smallest absolute Gasteiger partial charge is 0.407 e.